The van der Waals surface area contributed by atoms with Crippen LogP contribution in [-0.2, 0) is 26.1 Å². The molecule has 1 rings (SSSR count). The van der Waals surface area contributed by atoms with Crippen molar-refractivity contribution >= 4 is 10.0 Å². The summed E-state index contributed by atoms with van der Waals surface area (Å²) in [5.41, 5.74) is -0.0606. The number of halogens is 1. The Balaban J connectivity index is 3.08. The molecule has 0 aromatic heterocycles. The number of hydrogen-bond donors (Lipinski definition) is 1. The largest absolute Gasteiger partial charge is 0.392 e. The van der Waals surface area contributed by atoms with Crippen molar-refractivity contribution in [2.24, 2.45) is 0 Å². The number of rotatable bonds is 9. The molecule has 0 unspecified atom stereocenters. The maximum Gasteiger partial charge on any atom is 0.243 e. The molecule has 0 bridgehead atoms. The lowest BCUT2D eigenvalue weighted by Gasteiger charge is -2.21. The van der Waals surface area contributed by atoms with Crippen LogP contribution in [0, 0.1) is 5.82 Å². The van der Waals surface area contributed by atoms with Gasteiger partial charge < -0.3 is 14.6 Å². The molecule has 1 aromatic carbocycles. The lowest BCUT2D eigenvalue weighted by Crippen LogP contribution is -2.36. The molecule has 120 valence electrons. The number of sulfonamides is 1. The van der Waals surface area contributed by atoms with Crippen LogP contribution >= 0.6 is 0 Å². The predicted octanol–water partition coefficient (Wildman–Crippen LogP) is 0.601. The molecule has 8 heteroatoms. The second kappa shape index (κ2) is 8.40. The Hall–Kier alpha value is -1.06. The first-order valence-electron chi connectivity index (χ1n) is 6.34. The van der Waals surface area contributed by atoms with Crippen molar-refractivity contribution < 1.29 is 27.4 Å². The molecule has 0 radical (unpaired) electrons. The zero-order valence-corrected chi connectivity index (χ0v) is 12.9. The molecule has 1 aromatic rings. The van der Waals surface area contributed by atoms with Gasteiger partial charge in [-0.2, -0.15) is 4.31 Å². The van der Waals surface area contributed by atoms with Gasteiger partial charge in [-0.3, -0.25) is 0 Å². The Morgan fingerprint density at radius 3 is 2.24 bits per heavy atom. The van der Waals surface area contributed by atoms with Gasteiger partial charge in [0.1, 0.15) is 5.82 Å². The Morgan fingerprint density at radius 2 is 1.76 bits per heavy atom. The van der Waals surface area contributed by atoms with E-state index in [0.717, 1.165) is 12.1 Å². The van der Waals surface area contributed by atoms with Crippen molar-refractivity contribution in [1.29, 1.82) is 0 Å². The summed E-state index contributed by atoms with van der Waals surface area (Å²) in [5, 5.41) is 9.04. The van der Waals surface area contributed by atoms with Crippen molar-refractivity contribution in [2.45, 2.75) is 11.5 Å². The Bertz CT molecular complexity index is 541. The Labute approximate surface area is 124 Å². The third kappa shape index (κ3) is 4.72. The Kier molecular flexibility index (Phi) is 7.20. The van der Waals surface area contributed by atoms with Gasteiger partial charge in [0.05, 0.1) is 24.7 Å². The van der Waals surface area contributed by atoms with Crippen LogP contribution in [0.5, 0.6) is 0 Å². The van der Waals surface area contributed by atoms with Crippen LogP contribution < -0.4 is 0 Å². The van der Waals surface area contributed by atoms with E-state index < -0.39 is 22.4 Å². The van der Waals surface area contributed by atoms with Crippen molar-refractivity contribution in [3.05, 3.63) is 29.6 Å². The summed E-state index contributed by atoms with van der Waals surface area (Å²) in [6, 6.07) is 3.34. The quantitative estimate of drug-likeness (QED) is 0.721. The molecule has 21 heavy (non-hydrogen) atoms. The highest BCUT2D eigenvalue weighted by atomic mass is 32.2. The molecule has 0 aliphatic heterocycles. The summed E-state index contributed by atoms with van der Waals surface area (Å²) < 4.78 is 49.4. The summed E-state index contributed by atoms with van der Waals surface area (Å²) >= 11 is 0. The number of aliphatic hydroxyl groups excluding tert-OH is 1. The lowest BCUT2D eigenvalue weighted by molar-refractivity contribution is 0.150. The van der Waals surface area contributed by atoms with Crippen LogP contribution in [0.25, 0.3) is 0 Å². The monoisotopic (exact) mass is 321 g/mol. The molecular formula is C13H20FNO5S. The summed E-state index contributed by atoms with van der Waals surface area (Å²) in [7, 11) is -0.849. The molecular weight excluding hydrogens is 301 g/mol. The van der Waals surface area contributed by atoms with Gasteiger partial charge >= 0.3 is 0 Å². The van der Waals surface area contributed by atoms with E-state index in [2.05, 4.69) is 0 Å². The van der Waals surface area contributed by atoms with E-state index in [9.17, 15) is 12.8 Å². The molecule has 0 aliphatic carbocycles. The van der Waals surface area contributed by atoms with E-state index in [1.54, 1.807) is 0 Å². The molecule has 0 amide bonds. The molecule has 0 aliphatic rings. The molecule has 0 spiro atoms. The van der Waals surface area contributed by atoms with Crippen LogP contribution in [0.4, 0.5) is 4.39 Å². The standard InChI is InChI=1S/C13H20FNO5S/c1-19-7-5-15(6-8-20-2)21(17,18)12-3-4-13(14)11(9-12)10-16/h3-4,9,16H,5-8,10H2,1-2H3. The highest BCUT2D eigenvalue weighted by molar-refractivity contribution is 7.89. The number of hydrogen-bond acceptors (Lipinski definition) is 5. The van der Waals surface area contributed by atoms with Crippen molar-refractivity contribution in [3.8, 4) is 0 Å². The Morgan fingerprint density at radius 1 is 1.19 bits per heavy atom. The minimum absolute atomic E-state index is 0.0606. The number of ether oxygens (including phenoxy) is 2. The van der Waals surface area contributed by atoms with Gasteiger partial charge in [-0.25, -0.2) is 12.8 Å². The van der Waals surface area contributed by atoms with Crippen LogP contribution in [-0.4, -0.2) is 58.4 Å². The number of aliphatic hydroxyl groups is 1. The molecule has 0 saturated heterocycles. The fourth-order valence-corrected chi connectivity index (χ4v) is 3.18. The molecule has 6 nitrogen and oxygen atoms in total. The van der Waals surface area contributed by atoms with E-state index in [-0.39, 0.29) is 36.8 Å². The molecule has 0 atom stereocenters. The van der Waals surface area contributed by atoms with E-state index in [1.807, 2.05) is 0 Å². The van der Waals surface area contributed by atoms with Gasteiger partial charge in [0.2, 0.25) is 10.0 Å². The smallest absolute Gasteiger partial charge is 0.243 e. The maximum absolute atomic E-state index is 13.4. The molecule has 0 heterocycles. The zero-order valence-electron chi connectivity index (χ0n) is 12.1. The first-order chi connectivity index (χ1) is 9.97. The van der Waals surface area contributed by atoms with E-state index >= 15 is 0 Å². The van der Waals surface area contributed by atoms with Gasteiger partial charge in [0, 0.05) is 32.9 Å². The third-order valence-electron chi connectivity index (χ3n) is 2.91. The number of benzene rings is 1. The van der Waals surface area contributed by atoms with Crippen molar-refractivity contribution in [2.75, 3.05) is 40.5 Å². The van der Waals surface area contributed by atoms with Gasteiger partial charge in [-0.1, -0.05) is 0 Å². The van der Waals surface area contributed by atoms with Crippen LogP contribution in [0.3, 0.4) is 0 Å². The SMILES string of the molecule is COCCN(CCOC)S(=O)(=O)c1ccc(F)c(CO)c1. The molecule has 0 saturated carbocycles. The summed E-state index contributed by atoms with van der Waals surface area (Å²) in [5.74, 6) is -0.642. The normalized spacial score (nSPS) is 12.0. The molecule has 1 N–H and O–H groups in total. The zero-order chi connectivity index (χ0) is 15.9. The summed E-state index contributed by atoms with van der Waals surface area (Å²) in [6.45, 7) is 0.224. The van der Waals surface area contributed by atoms with Crippen LogP contribution in [0.2, 0.25) is 0 Å². The lowest BCUT2D eigenvalue weighted by atomic mass is 10.2. The third-order valence-corrected chi connectivity index (χ3v) is 4.81. The van der Waals surface area contributed by atoms with Crippen LogP contribution in [0.15, 0.2) is 23.1 Å². The van der Waals surface area contributed by atoms with E-state index in [1.165, 1.54) is 24.6 Å². The second-order valence-electron chi connectivity index (χ2n) is 4.30. The first-order valence-corrected chi connectivity index (χ1v) is 7.78. The van der Waals surface area contributed by atoms with Gasteiger partial charge in [-0.15, -0.1) is 0 Å². The summed E-state index contributed by atoms with van der Waals surface area (Å²) in [6.07, 6.45) is 0. The van der Waals surface area contributed by atoms with Crippen LogP contribution in [0.1, 0.15) is 5.56 Å². The van der Waals surface area contributed by atoms with E-state index in [0.29, 0.717) is 0 Å². The number of nitrogens with zero attached hydrogens (tertiary/aromatic N) is 1. The van der Waals surface area contributed by atoms with Gasteiger partial charge in [0.25, 0.3) is 0 Å². The van der Waals surface area contributed by atoms with Gasteiger partial charge in [0.15, 0.2) is 0 Å². The maximum atomic E-state index is 13.4. The fraction of sp³-hybridized carbons (Fsp3) is 0.538. The minimum atomic E-state index is -3.80. The first kappa shape index (κ1) is 18.0. The second-order valence-corrected chi connectivity index (χ2v) is 6.24. The highest BCUT2D eigenvalue weighted by Gasteiger charge is 2.24. The van der Waals surface area contributed by atoms with Crippen molar-refractivity contribution in [1.82, 2.24) is 4.31 Å². The average molecular weight is 321 g/mol. The summed E-state index contributed by atoms with van der Waals surface area (Å²) in [4.78, 5) is -0.0693. The van der Waals surface area contributed by atoms with Crippen molar-refractivity contribution in [3.63, 3.8) is 0 Å². The minimum Gasteiger partial charge on any atom is -0.392 e. The average Bonchev–Trinajstić information content (AvgIpc) is 2.47. The highest BCUT2D eigenvalue weighted by Crippen LogP contribution is 2.19. The van der Waals surface area contributed by atoms with Gasteiger partial charge in [-0.05, 0) is 18.2 Å². The topological polar surface area (TPSA) is 76.1 Å². The number of methoxy groups -OCH3 is 2. The predicted molar refractivity (Wildman–Crippen MR) is 74.8 cm³/mol. The molecule has 0 fully saturated rings. The van der Waals surface area contributed by atoms with E-state index in [4.69, 9.17) is 14.6 Å². The fourth-order valence-electron chi connectivity index (χ4n) is 1.72.